The maximum absolute atomic E-state index is 3.76. The van der Waals surface area contributed by atoms with Crippen LogP contribution in [0.2, 0.25) is 0 Å². The summed E-state index contributed by atoms with van der Waals surface area (Å²) in [7, 11) is 0. The standard InChI is InChI=1S/C42H35N/c1-41(2)37-22-18-31(25-36(37)35-20-16-30(24-39(35)41)28-13-9-6-10-14-28)43-32-17-21-34-33-19-15-29(27-11-7-5-8-12-27)23-38(33)42(3,4)40(34)26-32/h5-26,43H,1-4H3. The van der Waals surface area contributed by atoms with Gasteiger partial charge in [-0.15, -0.1) is 0 Å². The van der Waals surface area contributed by atoms with Gasteiger partial charge in [-0.3, -0.25) is 0 Å². The van der Waals surface area contributed by atoms with Crippen molar-refractivity contribution in [3.63, 3.8) is 0 Å². The topological polar surface area (TPSA) is 12.0 Å². The van der Waals surface area contributed by atoms with Crippen molar-refractivity contribution in [1.82, 2.24) is 0 Å². The van der Waals surface area contributed by atoms with Gasteiger partial charge in [0.1, 0.15) is 0 Å². The van der Waals surface area contributed by atoms with Crippen molar-refractivity contribution in [3.05, 3.63) is 156 Å². The zero-order chi connectivity index (χ0) is 29.3. The van der Waals surface area contributed by atoms with E-state index in [1.807, 2.05) is 0 Å². The molecule has 2 aliphatic carbocycles. The Morgan fingerprint density at radius 3 is 1.37 bits per heavy atom. The molecular formula is C42H35N. The number of hydrogen-bond acceptors (Lipinski definition) is 1. The van der Waals surface area contributed by atoms with Crippen molar-refractivity contribution in [2.24, 2.45) is 0 Å². The molecule has 0 fully saturated rings. The van der Waals surface area contributed by atoms with Crippen LogP contribution in [-0.2, 0) is 10.8 Å². The summed E-state index contributed by atoms with van der Waals surface area (Å²) in [5.41, 5.74) is 18.1. The summed E-state index contributed by atoms with van der Waals surface area (Å²) in [5, 5.41) is 3.76. The Morgan fingerprint density at radius 1 is 0.349 bits per heavy atom. The number of nitrogens with one attached hydrogen (secondary N) is 1. The van der Waals surface area contributed by atoms with Gasteiger partial charge in [-0.05, 0) is 103 Å². The van der Waals surface area contributed by atoms with Crippen LogP contribution in [0.15, 0.2) is 133 Å². The lowest BCUT2D eigenvalue weighted by Gasteiger charge is -2.23. The van der Waals surface area contributed by atoms with Crippen molar-refractivity contribution in [1.29, 1.82) is 0 Å². The maximum Gasteiger partial charge on any atom is 0.0390 e. The van der Waals surface area contributed by atoms with Crippen LogP contribution in [-0.4, -0.2) is 0 Å². The van der Waals surface area contributed by atoms with Crippen LogP contribution in [0.5, 0.6) is 0 Å². The highest BCUT2D eigenvalue weighted by Gasteiger charge is 2.37. The largest absolute Gasteiger partial charge is 0.355 e. The molecule has 0 radical (unpaired) electrons. The molecule has 2 aliphatic rings. The van der Waals surface area contributed by atoms with Crippen LogP contribution in [0.3, 0.4) is 0 Å². The van der Waals surface area contributed by atoms with E-state index < -0.39 is 0 Å². The highest BCUT2D eigenvalue weighted by molar-refractivity contribution is 5.88. The molecule has 0 unspecified atom stereocenters. The molecule has 1 heteroatoms. The van der Waals surface area contributed by atoms with E-state index in [0.717, 1.165) is 11.4 Å². The lowest BCUT2D eigenvalue weighted by Crippen LogP contribution is -2.15. The van der Waals surface area contributed by atoms with Crippen molar-refractivity contribution in [2.45, 2.75) is 38.5 Å². The van der Waals surface area contributed by atoms with Gasteiger partial charge in [-0.2, -0.15) is 0 Å². The predicted molar refractivity (Wildman–Crippen MR) is 182 cm³/mol. The molecule has 6 aromatic rings. The van der Waals surface area contributed by atoms with Crippen LogP contribution >= 0.6 is 0 Å². The molecule has 0 saturated heterocycles. The van der Waals surface area contributed by atoms with Crippen LogP contribution in [0.25, 0.3) is 44.5 Å². The number of fused-ring (bicyclic) bond motifs is 6. The molecule has 43 heavy (non-hydrogen) atoms. The fourth-order valence-corrected chi connectivity index (χ4v) is 7.43. The molecule has 0 saturated carbocycles. The molecule has 0 aliphatic heterocycles. The third-order valence-corrected chi connectivity index (χ3v) is 9.85. The molecular weight excluding hydrogens is 518 g/mol. The molecule has 0 atom stereocenters. The van der Waals surface area contributed by atoms with Gasteiger partial charge in [0.15, 0.2) is 0 Å². The normalized spacial score (nSPS) is 14.9. The minimum atomic E-state index is -0.0789. The number of hydrogen-bond donors (Lipinski definition) is 1. The Balaban J connectivity index is 1.12. The predicted octanol–water partition coefficient (Wildman–Crippen LogP) is 11.4. The molecule has 208 valence electrons. The third-order valence-electron chi connectivity index (χ3n) is 9.85. The average molecular weight is 554 g/mol. The Kier molecular flexibility index (Phi) is 5.59. The lowest BCUT2D eigenvalue weighted by atomic mass is 9.81. The molecule has 1 N–H and O–H groups in total. The number of benzene rings is 6. The smallest absolute Gasteiger partial charge is 0.0390 e. The molecule has 0 amide bonds. The van der Waals surface area contributed by atoms with Gasteiger partial charge < -0.3 is 5.32 Å². The van der Waals surface area contributed by atoms with Crippen LogP contribution < -0.4 is 5.32 Å². The van der Waals surface area contributed by atoms with Gasteiger partial charge in [0.25, 0.3) is 0 Å². The third kappa shape index (κ3) is 3.99. The molecule has 0 heterocycles. The Morgan fingerprint density at radius 2 is 0.791 bits per heavy atom. The molecule has 6 aromatic carbocycles. The van der Waals surface area contributed by atoms with Gasteiger partial charge in [0.2, 0.25) is 0 Å². The van der Waals surface area contributed by atoms with Gasteiger partial charge in [0, 0.05) is 22.2 Å². The Hall–Kier alpha value is -4.88. The molecule has 0 spiro atoms. The monoisotopic (exact) mass is 553 g/mol. The van der Waals surface area contributed by atoms with E-state index in [9.17, 15) is 0 Å². The molecule has 0 aromatic heterocycles. The fraction of sp³-hybridized carbons (Fsp3) is 0.143. The average Bonchev–Trinajstić information content (AvgIpc) is 3.40. The second-order valence-corrected chi connectivity index (χ2v) is 13.1. The second kappa shape index (κ2) is 9.31. The Labute approximate surface area is 254 Å². The van der Waals surface area contributed by atoms with Crippen LogP contribution in [0.1, 0.15) is 49.9 Å². The maximum atomic E-state index is 3.76. The zero-order valence-corrected chi connectivity index (χ0v) is 25.2. The van der Waals surface area contributed by atoms with E-state index >= 15 is 0 Å². The SMILES string of the molecule is CC1(C)c2ccc(Nc3ccc4c(c3)C(C)(C)c3cc(-c5ccccc5)ccc3-4)cc2-c2ccc(-c3ccccc3)cc21. The first-order chi connectivity index (χ1) is 20.8. The van der Waals surface area contributed by atoms with Crippen LogP contribution in [0.4, 0.5) is 11.4 Å². The van der Waals surface area contributed by atoms with Gasteiger partial charge in [0.05, 0.1) is 0 Å². The molecule has 8 rings (SSSR count). The quantitative estimate of drug-likeness (QED) is 0.229. The lowest BCUT2D eigenvalue weighted by molar-refractivity contribution is 0.660. The first-order valence-electron chi connectivity index (χ1n) is 15.3. The molecule has 0 bridgehead atoms. The number of rotatable bonds is 4. The Bertz CT molecular complexity index is 2030. The summed E-state index contributed by atoms with van der Waals surface area (Å²) in [6, 6.07) is 49.1. The van der Waals surface area contributed by atoms with Gasteiger partial charge >= 0.3 is 0 Å². The van der Waals surface area contributed by atoms with E-state index in [2.05, 4.69) is 166 Å². The first-order valence-corrected chi connectivity index (χ1v) is 15.3. The summed E-state index contributed by atoms with van der Waals surface area (Å²) in [5.74, 6) is 0. The second-order valence-electron chi connectivity index (χ2n) is 13.1. The minimum absolute atomic E-state index is 0.0457. The number of anilines is 2. The minimum Gasteiger partial charge on any atom is -0.355 e. The summed E-state index contributed by atoms with van der Waals surface area (Å²) in [6.45, 7) is 9.41. The highest BCUT2D eigenvalue weighted by Crippen LogP contribution is 2.52. The summed E-state index contributed by atoms with van der Waals surface area (Å²) in [4.78, 5) is 0. The van der Waals surface area contributed by atoms with E-state index in [1.165, 1.54) is 66.8 Å². The molecule has 1 nitrogen and oxygen atoms in total. The van der Waals surface area contributed by atoms with Crippen molar-refractivity contribution in [2.75, 3.05) is 5.32 Å². The van der Waals surface area contributed by atoms with E-state index in [4.69, 9.17) is 0 Å². The van der Waals surface area contributed by atoms with E-state index in [-0.39, 0.29) is 10.8 Å². The highest BCUT2D eigenvalue weighted by atomic mass is 14.9. The van der Waals surface area contributed by atoms with Crippen molar-refractivity contribution >= 4 is 11.4 Å². The summed E-state index contributed by atoms with van der Waals surface area (Å²) in [6.07, 6.45) is 0. The van der Waals surface area contributed by atoms with Gasteiger partial charge in [-0.25, -0.2) is 0 Å². The van der Waals surface area contributed by atoms with Gasteiger partial charge in [-0.1, -0.05) is 125 Å². The van der Waals surface area contributed by atoms with E-state index in [0.29, 0.717) is 0 Å². The first kappa shape index (κ1) is 25.8. The zero-order valence-electron chi connectivity index (χ0n) is 25.2. The van der Waals surface area contributed by atoms with E-state index in [1.54, 1.807) is 0 Å². The van der Waals surface area contributed by atoms with Crippen LogP contribution in [0, 0.1) is 0 Å². The summed E-state index contributed by atoms with van der Waals surface area (Å²) >= 11 is 0. The van der Waals surface area contributed by atoms with Crippen molar-refractivity contribution in [3.8, 4) is 44.5 Å². The van der Waals surface area contributed by atoms with Crippen molar-refractivity contribution < 1.29 is 0 Å². The summed E-state index contributed by atoms with van der Waals surface area (Å²) < 4.78 is 0. The fourth-order valence-electron chi connectivity index (χ4n) is 7.43.